The van der Waals surface area contributed by atoms with E-state index in [1.165, 1.54) is 25.9 Å². The summed E-state index contributed by atoms with van der Waals surface area (Å²) in [4.78, 5) is 2.48. The molecule has 2 bridgehead atoms. The van der Waals surface area contributed by atoms with Gasteiger partial charge in [0.15, 0.2) is 0 Å². The lowest BCUT2D eigenvalue weighted by molar-refractivity contribution is 0.0896. The number of hydrogen-bond acceptors (Lipinski definition) is 2. The fourth-order valence-corrected chi connectivity index (χ4v) is 2.01. The number of piperidine rings is 3. The normalized spacial score (nSPS) is 49.7. The van der Waals surface area contributed by atoms with Gasteiger partial charge in [0, 0.05) is 12.6 Å². The summed E-state index contributed by atoms with van der Waals surface area (Å²) in [6.07, 6.45) is 2.70. The summed E-state index contributed by atoms with van der Waals surface area (Å²) in [6.45, 7) is 3.77. The highest BCUT2D eigenvalue weighted by atomic mass is 15.5. The first-order valence-corrected chi connectivity index (χ1v) is 3.84. The zero-order valence-corrected chi connectivity index (χ0v) is 5.71. The summed E-state index contributed by atoms with van der Waals surface area (Å²) < 4.78 is 0. The van der Waals surface area contributed by atoms with Crippen LogP contribution in [0.15, 0.2) is 0 Å². The van der Waals surface area contributed by atoms with Crippen molar-refractivity contribution < 1.29 is 0 Å². The van der Waals surface area contributed by atoms with Crippen LogP contribution in [0.4, 0.5) is 0 Å². The molecule has 2 heteroatoms. The molecule has 0 aliphatic carbocycles. The molecule has 0 aromatic carbocycles. The molecule has 0 aromatic heterocycles. The predicted octanol–water partition coefficient (Wildman–Crippen LogP) is 0.0393. The lowest BCUT2D eigenvalue weighted by Gasteiger charge is -2.43. The minimum atomic E-state index is 0.493. The second-order valence-corrected chi connectivity index (χ2v) is 3.30. The highest BCUT2D eigenvalue weighted by molar-refractivity contribution is 4.88. The maximum absolute atomic E-state index is 5.88. The molecule has 0 saturated carbocycles. The highest BCUT2D eigenvalue weighted by Gasteiger charge is 2.31. The second kappa shape index (κ2) is 1.96. The van der Waals surface area contributed by atoms with Crippen molar-refractivity contribution in [2.75, 3.05) is 19.6 Å². The van der Waals surface area contributed by atoms with E-state index in [1.54, 1.807) is 0 Å². The fourth-order valence-electron chi connectivity index (χ4n) is 2.01. The van der Waals surface area contributed by atoms with Gasteiger partial charge in [0.05, 0.1) is 0 Å². The Morgan fingerprint density at radius 3 is 2.22 bits per heavy atom. The van der Waals surface area contributed by atoms with Crippen molar-refractivity contribution in [3.8, 4) is 0 Å². The molecule has 3 fully saturated rings. The zero-order valence-electron chi connectivity index (χ0n) is 5.71. The molecule has 1 atom stereocenters. The van der Waals surface area contributed by atoms with Gasteiger partial charge in [-0.25, -0.2) is 0 Å². The van der Waals surface area contributed by atoms with E-state index in [0.29, 0.717) is 6.04 Å². The first kappa shape index (κ1) is 5.69. The molecule has 0 unspecified atom stereocenters. The standard InChI is InChI=1S/C7H14N2/c8-7-5-9-3-1-6(7)2-4-9/h6-7H,1-5,8H2/t7-/m1/s1/i7+2. The maximum atomic E-state index is 5.88. The maximum Gasteiger partial charge on any atom is 0.0197 e. The van der Waals surface area contributed by atoms with Gasteiger partial charge in [-0.1, -0.05) is 0 Å². The topological polar surface area (TPSA) is 29.3 Å². The van der Waals surface area contributed by atoms with Gasteiger partial charge in [0.25, 0.3) is 0 Å². The molecule has 0 amide bonds. The van der Waals surface area contributed by atoms with E-state index in [2.05, 4.69) is 4.90 Å². The van der Waals surface area contributed by atoms with Gasteiger partial charge >= 0.3 is 0 Å². The third kappa shape index (κ3) is 0.864. The van der Waals surface area contributed by atoms with E-state index in [-0.39, 0.29) is 0 Å². The first-order valence-electron chi connectivity index (χ1n) is 3.84. The van der Waals surface area contributed by atoms with Crippen LogP contribution < -0.4 is 5.73 Å². The number of nitrogens with two attached hydrogens (primary N) is 1. The van der Waals surface area contributed by atoms with E-state index in [1.807, 2.05) is 0 Å². The monoisotopic (exact) mass is 128 g/mol. The minimum Gasteiger partial charge on any atom is -0.326 e. The van der Waals surface area contributed by atoms with Gasteiger partial charge in [-0.3, -0.25) is 0 Å². The van der Waals surface area contributed by atoms with Crippen molar-refractivity contribution in [2.24, 2.45) is 11.7 Å². The van der Waals surface area contributed by atoms with Gasteiger partial charge in [-0.2, -0.15) is 0 Å². The zero-order chi connectivity index (χ0) is 6.27. The van der Waals surface area contributed by atoms with Crippen LogP contribution in [0.1, 0.15) is 12.8 Å². The Morgan fingerprint density at radius 2 is 2.00 bits per heavy atom. The first-order chi connectivity index (χ1) is 4.36. The second-order valence-electron chi connectivity index (χ2n) is 3.30. The molecule has 3 rings (SSSR count). The van der Waals surface area contributed by atoms with Crippen LogP contribution in [0.25, 0.3) is 0 Å². The summed E-state index contributed by atoms with van der Waals surface area (Å²) in [6, 6.07) is 0.493. The largest absolute Gasteiger partial charge is 0.326 e. The molecule has 3 saturated heterocycles. The third-order valence-corrected chi connectivity index (χ3v) is 2.71. The third-order valence-electron chi connectivity index (χ3n) is 2.71. The van der Waals surface area contributed by atoms with Crippen molar-refractivity contribution in [3.05, 3.63) is 0 Å². The molecule has 0 aromatic rings. The van der Waals surface area contributed by atoms with E-state index in [9.17, 15) is 0 Å². The van der Waals surface area contributed by atoms with Crippen LogP contribution in [-0.4, -0.2) is 30.6 Å². The van der Waals surface area contributed by atoms with Crippen LogP contribution >= 0.6 is 0 Å². The van der Waals surface area contributed by atoms with Gasteiger partial charge in [-0.05, 0) is 31.8 Å². The van der Waals surface area contributed by atoms with Gasteiger partial charge in [0.1, 0.15) is 0 Å². The Hall–Kier alpha value is -0.0800. The Bertz CT molecular complexity index is 105. The van der Waals surface area contributed by atoms with Gasteiger partial charge in [-0.15, -0.1) is 0 Å². The van der Waals surface area contributed by atoms with Crippen LogP contribution in [0.3, 0.4) is 0 Å². The number of nitrogens with zero attached hydrogens (tertiary/aromatic N) is 1. The van der Waals surface area contributed by atoms with E-state index < -0.39 is 0 Å². The van der Waals surface area contributed by atoms with Crippen LogP contribution in [0.5, 0.6) is 0 Å². The average Bonchev–Trinajstić information content (AvgIpc) is 1.90. The van der Waals surface area contributed by atoms with E-state index >= 15 is 0 Å². The molecule has 3 heterocycles. The fraction of sp³-hybridized carbons (Fsp3) is 1.00. The quantitative estimate of drug-likeness (QED) is 0.499. The molecule has 0 radical (unpaired) electrons. The predicted molar refractivity (Wildman–Crippen MR) is 37.1 cm³/mol. The molecule has 2 nitrogen and oxygen atoms in total. The Kier molecular flexibility index (Phi) is 1.24. The number of fused-ring (bicyclic) bond motifs is 3. The van der Waals surface area contributed by atoms with Crippen molar-refractivity contribution >= 4 is 0 Å². The van der Waals surface area contributed by atoms with Crippen LogP contribution in [0.2, 0.25) is 0 Å². The van der Waals surface area contributed by atoms with Crippen molar-refractivity contribution in [1.29, 1.82) is 0 Å². The molecular formula is C7H14N2. The van der Waals surface area contributed by atoms with Crippen LogP contribution in [-0.2, 0) is 0 Å². The molecule has 3 aliphatic rings. The Balaban J connectivity index is 2.06. The molecule has 0 spiro atoms. The average molecular weight is 128 g/mol. The smallest absolute Gasteiger partial charge is 0.0197 e. The van der Waals surface area contributed by atoms with Crippen molar-refractivity contribution in [2.45, 2.75) is 18.9 Å². The number of hydrogen-bond donors (Lipinski definition) is 1. The highest BCUT2D eigenvalue weighted by Crippen LogP contribution is 2.25. The van der Waals surface area contributed by atoms with E-state index in [0.717, 1.165) is 12.5 Å². The SMILES string of the molecule is N[14C@@H]1CN2CCC1CC2. The minimum absolute atomic E-state index is 0.493. The molecule has 3 aliphatic heterocycles. The summed E-state index contributed by atoms with van der Waals surface area (Å²) in [5, 5.41) is 0. The molecule has 9 heavy (non-hydrogen) atoms. The molecule has 2 N–H and O–H groups in total. The summed E-state index contributed by atoms with van der Waals surface area (Å²) >= 11 is 0. The number of rotatable bonds is 0. The summed E-state index contributed by atoms with van der Waals surface area (Å²) in [5.41, 5.74) is 5.88. The van der Waals surface area contributed by atoms with Crippen molar-refractivity contribution in [3.63, 3.8) is 0 Å². The van der Waals surface area contributed by atoms with Gasteiger partial charge in [0.2, 0.25) is 0 Å². The van der Waals surface area contributed by atoms with Crippen LogP contribution in [0, 0.1) is 5.92 Å². The molecular weight excluding hydrogens is 114 g/mol. The Labute approximate surface area is 56.0 Å². The van der Waals surface area contributed by atoms with E-state index in [4.69, 9.17) is 5.73 Å². The molecule has 52 valence electrons. The Morgan fingerprint density at radius 1 is 1.33 bits per heavy atom. The lowest BCUT2D eigenvalue weighted by Crippen LogP contribution is -2.54. The van der Waals surface area contributed by atoms with Gasteiger partial charge < -0.3 is 10.6 Å². The lowest BCUT2D eigenvalue weighted by atomic mass is 10.0. The van der Waals surface area contributed by atoms with Crippen molar-refractivity contribution in [1.82, 2.24) is 4.90 Å². The summed E-state index contributed by atoms with van der Waals surface area (Å²) in [7, 11) is 0. The summed E-state index contributed by atoms with van der Waals surface area (Å²) in [5.74, 6) is 0.856.